The molecule has 0 saturated carbocycles. The molecule has 0 radical (unpaired) electrons. The van der Waals surface area contributed by atoms with Crippen molar-refractivity contribution in [2.24, 2.45) is 0 Å². The number of aromatic nitrogens is 4. The molecule has 0 amide bonds. The summed E-state index contributed by atoms with van der Waals surface area (Å²) in [6.45, 7) is 35.7. The van der Waals surface area contributed by atoms with Gasteiger partial charge in [-0.25, -0.2) is 0 Å². The number of nitrogens with zero attached hydrogens (tertiary/aromatic N) is 4. The summed E-state index contributed by atoms with van der Waals surface area (Å²) in [5.74, 6) is 0. The SMILES string of the molecule is Cc1c2ccccc2[n+](-c2ccccc2)c2ccccc12.Cc1cc(C)c(-c2c3cc(C)ccc3[n+](-c3ccccc3)c3ccc(C)cc23)c(C)c1.Cc1cc(C)c(-c2c3ccc(C)cc3[n+](-c3ccccc3)c3cc(C(C)(C)C)ccc23)c(C)c1.Cc1cc(C)c(-c2c3ccccc3[n+](-c3ccccc3)c3ccccc23)c(C)c1.FB(F)F.FB(F)F.F[B-](F)(F)F.F[B-](F)(F)F.[F-].[F-]. The number of halogens is 16. The quantitative estimate of drug-likeness (QED) is 0.0654. The van der Waals surface area contributed by atoms with Crippen LogP contribution in [0.1, 0.15) is 98.7 Å². The van der Waals surface area contributed by atoms with E-state index in [1.807, 2.05) is 0 Å². The molecule has 0 saturated heterocycles. The molecule has 0 spiro atoms. The van der Waals surface area contributed by atoms with Crippen molar-refractivity contribution in [3.63, 3.8) is 0 Å². The Morgan fingerprint density at radius 2 is 0.415 bits per heavy atom. The molecule has 0 fully saturated rings. The first-order valence-corrected chi connectivity index (χ1v) is 43.6. The van der Waals surface area contributed by atoms with Gasteiger partial charge in [0.25, 0.3) is 0 Å². The number of hydrogen-bond donors (Lipinski definition) is 0. The fourth-order valence-electron chi connectivity index (χ4n) is 18.3. The molecule has 4 aromatic heterocycles. The predicted molar refractivity (Wildman–Crippen MR) is 527 cm³/mol. The third-order valence-electron chi connectivity index (χ3n) is 23.1. The first-order valence-electron chi connectivity index (χ1n) is 43.6. The molecule has 690 valence electrons. The molecule has 0 aliphatic carbocycles. The van der Waals surface area contributed by atoms with Crippen LogP contribution in [0.4, 0.5) is 60.4 Å². The van der Waals surface area contributed by atoms with Crippen LogP contribution in [0.2, 0.25) is 0 Å². The van der Waals surface area contributed by atoms with Crippen LogP contribution in [-0.2, 0) is 5.41 Å². The summed E-state index contributed by atoms with van der Waals surface area (Å²) in [6, 6.07) is 119. The Balaban J connectivity index is 0.000000176. The lowest BCUT2D eigenvalue weighted by atomic mass is 9.84. The van der Waals surface area contributed by atoms with Crippen molar-refractivity contribution in [2.45, 2.75) is 116 Å². The first kappa shape index (κ1) is 103. The van der Waals surface area contributed by atoms with Crippen LogP contribution < -0.4 is 27.7 Å². The van der Waals surface area contributed by atoms with Gasteiger partial charge in [-0.1, -0.05) is 231 Å². The molecule has 135 heavy (non-hydrogen) atoms. The second kappa shape index (κ2) is 44.3. The first-order chi connectivity index (χ1) is 63.1. The molecule has 19 aromatic rings. The van der Waals surface area contributed by atoms with E-state index in [0.29, 0.717) is 0 Å². The maximum atomic E-state index is 9.75. The van der Waals surface area contributed by atoms with Crippen LogP contribution in [-0.4, -0.2) is 29.6 Å². The van der Waals surface area contributed by atoms with Crippen molar-refractivity contribution in [3.8, 4) is 56.1 Å². The summed E-state index contributed by atoms with van der Waals surface area (Å²) >= 11 is 0. The van der Waals surface area contributed by atoms with Gasteiger partial charge in [0.1, 0.15) is 0 Å². The summed E-state index contributed by atoms with van der Waals surface area (Å²) in [4.78, 5) is 0. The average Bonchev–Trinajstić information content (AvgIpc) is 0.742. The largest absolute Gasteiger partial charge is 1.00 e. The van der Waals surface area contributed by atoms with Gasteiger partial charge < -0.3 is 43.9 Å². The highest BCUT2D eigenvalue weighted by molar-refractivity contribution is 6.50. The van der Waals surface area contributed by atoms with Gasteiger partial charge in [-0.3, -0.25) is 25.9 Å². The lowest BCUT2D eigenvalue weighted by Gasteiger charge is -2.21. The van der Waals surface area contributed by atoms with Gasteiger partial charge in [-0.05, 0) is 211 Å². The fourth-order valence-corrected chi connectivity index (χ4v) is 18.3. The van der Waals surface area contributed by atoms with Crippen LogP contribution in [0, 0.1) is 90.0 Å². The lowest BCUT2D eigenvalue weighted by Crippen LogP contribution is -3.00. The van der Waals surface area contributed by atoms with Crippen molar-refractivity contribution >= 4 is 117 Å². The van der Waals surface area contributed by atoms with E-state index in [4.69, 9.17) is 0 Å². The molecule has 0 atom stereocenters. The van der Waals surface area contributed by atoms with Crippen LogP contribution in [0.3, 0.4) is 0 Å². The van der Waals surface area contributed by atoms with E-state index in [1.165, 1.54) is 221 Å². The van der Waals surface area contributed by atoms with Crippen molar-refractivity contribution in [1.82, 2.24) is 0 Å². The van der Waals surface area contributed by atoms with Crippen molar-refractivity contribution < 1.29 is 88.1 Å². The van der Waals surface area contributed by atoms with E-state index < -0.39 is 29.6 Å². The molecule has 4 heterocycles. The summed E-state index contributed by atoms with van der Waals surface area (Å²) in [7, 11) is -19.3. The van der Waals surface area contributed by atoms with Gasteiger partial charge in [0.15, 0.2) is 0 Å². The van der Waals surface area contributed by atoms with Gasteiger partial charge in [0.2, 0.25) is 66.9 Å². The van der Waals surface area contributed by atoms with Crippen LogP contribution in [0.5, 0.6) is 0 Å². The minimum Gasteiger partial charge on any atom is -1.00 e. The molecule has 24 heteroatoms. The predicted octanol–water partition coefficient (Wildman–Crippen LogP) is 25.8. The highest BCUT2D eigenvalue weighted by atomic mass is 19.5. The summed E-state index contributed by atoms with van der Waals surface area (Å²) in [5, 5.41) is 10.4. The Morgan fingerprint density at radius 3 is 0.704 bits per heavy atom. The van der Waals surface area contributed by atoms with Crippen molar-refractivity contribution in [3.05, 3.63) is 405 Å². The van der Waals surface area contributed by atoms with Gasteiger partial charge in [0, 0.05) is 114 Å². The molecule has 0 N–H and O–H groups in total. The van der Waals surface area contributed by atoms with E-state index in [0.717, 1.165) is 0 Å². The Hall–Kier alpha value is -13.9. The third-order valence-corrected chi connectivity index (χ3v) is 23.1. The second-order valence-corrected chi connectivity index (χ2v) is 34.4. The van der Waals surface area contributed by atoms with Gasteiger partial charge in [-0.2, -0.15) is 18.3 Å². The summed E-state index contributed by atoms with van der Waals surface area (Å²) in [5.41, 5.74) is 41.3. The van der Waals surface area contributed by atoms with E-state index in [2.05, 4.69) is 457 Å². The monoisotopic (exact) mass is 1840 g/mol. The minimum absolute atomic E-state index is 0. The Morgan fingerprint density at radius 1 is 0.207 bits per heavy atom. The molecule has 0 bridgehead atoms. The molecule has 19 rings (SSSR count). The van der Waals surface area contributed by atoms with Crippen molar-refractivity contribution in [1.29, 1.82) is 0 Å². The van der Waals surface area contributed by atoms with E-state index in [9.17, 15) is 60.4 Å². The van der Waals surface area contributed by atoms with Crippen LogP contribution in [0.25, 0.3) is 143 Å². The molecule has 15 aromatic carbocycles. The zero-order valence-corrected chi connectivity index (χ0v) is 77.8. The minimum atomic E-state index is -6.00. The van der Waals surface area contributed by atoms with Gasteiger partial charge in [0.05, 0.1) is 43.1 Å². The highest BCUT2D eigenvalue weighted by Crippen LogP contribution is 2.44. The number of rotatable bonds is 7. The molecule has 4 nitrogen and oxygen atoms in total. The number of fused-ring (bicyclic) bond motifs is 8. The van der Waals surface area contributed by atoms with E-state index in [-0.39, 0.29) is 14.8 Å². The van der Waals surface area contributed by atoms with E-state index in [1.54, 1.807) is 0 Å². The highest BCUT2D eigenvalue weighted by Gasteiger charge is 2.32. The Bertz CT molecular complexity index is 7150. The fraction of sp³-hybridized carbons (Fsp3) is 0.153. The standard InChI is InChI=1S/C33H34N.C30H28N.C28H24N.C20H16N.2BF4.2BF3.2FH/c1-21-13-15-27-29(19-21)34(26-11-9-8-10-12-26)30-20-25(33(5,6)7)14-16-28(30)32(27)31-23(3)17-22(2)18-24(31)4;1-19-11-13-27-25(17-19)30(29-22(4)15-21(3)16-23(29)5)26-18-20(2)12-14-28(26)31(27)24-9-7-6-8-10-24;1-19-17-20(2)27(21(3)18-19)28-23-13-7-9-15-25(23)29(22-11-5-4-6-12-22)26-16-10-8-14-24(26)28;1-15-17-11-5-7-13-19(17)21(16-9-3-2-4-10-16)20-14-8-6-12-18(15)20;2*2-1(3,4)5;2*2-1(3)4;;/h8-20H,1-7H3;6-18H,1-5H3;4-18H,1-3H3;2-14H,1H3;;;;;2*1H/q4*+1;2*-1;;;;/p-2. The normalized spacial score (nSPS) is 11.1. The molecular formula is C111H102B4F16N4. The Kier molecular flexibility index (Phi) is 33.9. The molecular weight excluding hydrogens is 1740 g/mol. The van der Waals surface area contributed by atoms with E-state index >= 15 is 0 Å². The number of aryl methyl sites for hydroxylation is 13. The lowest BCUT2D eigenvalue weighted by molar-refractivity contribution is -0.538. The number of hydrogen-bond acceptors (Lipinski definition) is 0. The Labute approximate surface area is 778 Å². The molecule has 0 aliphatic heterocycles. The smallest absolute Gasteiger partial charge is 0.762 e. The summed E-state index contributed by atoms with van der Waals surface area (Å²) < 4.78 is 146. The maximum absolute atomic E-state index is 9.75. The van der Waals surface area contributed by atoms with Gasteiger partial charge in [-0.15, -0.1) is 0 Å². The van der Waals surface area contributed by atoms with Crippen LogP contribution in [0.15, 0.2) is 328 Å². The third kappa shape index (κ3) is 24.8. The number of pyridine rings is 4. The average molecular weight is 1840 g/mol. The maximum Gasteiger partial charge on any atom is 0.762 e. The van der Waals surface area contributed by atoms with Gasteiger partial charge >= 0.3 is 29.6 Å². The zero-order valence-electron chi connectivity index (χ0n) is 77.8. The van der Waals surface area contributed by atoms with Crippen molar-refractivity contribution in [2.75, 3.05) is 0 Å². The number of para-hydroxylation sites is 8. The molecule has 0 aliphatic rings. The topological polar surface area (TPSA) is 15.5 Å². The zero-order chi connectivity index (χ0) is 96.2. The molecule has 0 unspecified atom stereocenters. The number of benzene rings is 15. The van der Waals surface area contributed by atoms with Crippen LogP contribution >= 0.6 is 0 Å². The second-order valence-electron chi connectivity index (χ2n) is 34.4. The summed E-state index contributed by atoms with van der Waals surface area (Å²) in [6.07, 6.45) is 0.